The second-order valence-electron chi connectivity index (χ2n) is 4.17. The fourth-order valence-corrected chi connectivity index (χ4v) is 2.39. The molecule has 1 aliphatic rings. The molecular weight excluding hydrogens is 282 g/mol. The quantitative estimate of drug-likeness (QED) is 0.783. The average Bonchev–Trinajstić information content (AvgIpc) is 2.77. The summed E-state index contributed by atoms with van der Waals surface area (Å²) in [5.74, 6) is 0.145. The molecule has 2 heterocycles. The van der Waals surface area contributed by atoms with Crippen molar-refractivity contribution in [2.24, 2.45) is 4.99 Å². The number of halogens is 1. The minimum absolute atomic E-state index is 0.145. The molecule has 0 saturated heterocycles. The second kappa shape index (κ2) is 4.53. The van der Waals surface area contributed by atoms with E-state index in [1.54, 1.807) is 24.4 Å². The van der Waals surface area contributed by atoms with Crippen molar-refractivity contribution in [2.45, 2.75) is 0 Å². The first-order valence-electron chi connectivity index (χ1n) is 5.74. The highest BCUT2D eigenvalue weighted by Gasteiger charge is 2.20. The number of nitrogens with two attached hydrogens (primary N) is 1. The summed E-state index contributed by atoms with van der Waals surface area (Å²) in [6.07, 6.45) is 2.19. The summed E-state index contributed by atoms with van der Waals surface area (Å²) in [5.41, 5.74) is 7.68. The maximum atomic E-state index is 11.2. The third kappa shape index (κ3) is 1.79. The van der Waals surface area contributed by atoms with E-state index in [0.717, 1.165) is 4.68 Å². The van der Waals surface area contributed by atoms with Gasteiger partial charge in [-0.1, -0.05) is 12.1 Å². The van der Waals surface area contributed by atoms with E-state index in [1.165, 1.54) is 4.42 Å². The number of rotatable bonds is 1. The predicted molar refractivity (Wildman–Crippen MR) is 76.6 cm³/mol. The number of aliphatic imine (C=N–C) groups is 1. The lowest BCUT2D eigenvalue weighted by Gasteiger charge is -2.20. The minimum atomic E-state index is -1.19. The zero-order valence-corrected chi connectivity index (χ0v) is 10.9. The molecule has 0 spiro atoms. The van der Waals surface area contributed by atoms with Crippen LogP contribution in [0.2, 0.25) is 0 Å². The van der Waals surface area contributed by atoms with E-state index in [-0.39, 0.29) is 5.82 Å². The predicted octanol–water partition coefficient (Wildman–Crippen LogP) is 1.98. The third-order valence-electron chi connectivity index (χ3n) is 3.00. The van der Waals surface area contributed by atoms with Gasteiger partial charge in [-0.3, -0.25) is 9.41 Å². The van der Waals surface area contributed by atoms with E-state index >= 15 is 0 Å². The lowest BCUT2D eigenvalue weighted by Crippen LogP contribution is -2.14. The highest BCUT2D eigenvalue weighted by Crippen LogP contribution is 2.32. The SMILES string of the molecule is Nc1nn(C(=O)O)c2cccc(C3=CC=NCN3Cl)c12. The van der Waals surface area contributed by atoms with Crippen molar-refractivity contribution < 1.29 is 9.90 Å². The molecule has 3 N–H and O–H groups in total. The van der Waals surface area contributed by atoms with Gasteiger partial charge in [0.1, 0.15) is 6.67 Å². The highest BCUT2D eigenvalue weighted by molar-refractivity contribution is 6.19. The van der Waals surface area contributed by atoms with Crippen molar-refractivity contribution in [1.82, 2.24) is 14.2 Å². The Morgan fingerprint density at radius 2 is 2.25 bits per heavy atom. The van der Waals surface area contributed by atoms with Gasteiger partial charge in [0.15, 0.2) is 5.82 Å². The molecule has 0 unspecified atom stereocenters. The van der Waals surface area contributed by atoms with Crippen molar-refractivity contribution in [3.8, 4) is 0 Å². The molecule has 1 aliphatic heterocycles. The van der Waals surface area contributed by atoms with E-state index in [1.807, 2.05) is 6.07 Å². The van der Waals surface area contributed by atoms with Gasteiger partial charge in [0.25, 0.3) is 0 Å². The Labute approximate surface area is 118 Å². The number of hydrogen-bond donors (Lipinski definition) is 2. The second-order valence-corrected chi connectivity index (χ2v) is 4.57. The molecule has 7 nitrogen and oxygen atoms in total. The van der Waals surface area contributed by atoms with Gasteiger partial charge < -0.3 is 10.8 Å². The number of aromatic nitrogens is 2. The Morgan fingerprint density at radius 3 is 2.95 bits per heavy atom. The first kappa shape index (κ1) is 12.5. The number of hydrogen-bond acceptors (Lipinski definition) is 5. The van der Waals surface area contributed by atoms with Crippen LogP contribution in [-0.2, 0) is 0 Å². The number of fused-ring (bicyclic) bond motifs is 1. The Kier molecular flexibility index (Phi) is 2.83. The Balaban J connectivity index is 2.30. The van der Waals surface area contributed by atoms with Crippen LogP contribution in [0.1, 0.15) is 5.56 Å². The summed E-state index contributed by atoms with van der Waals surface area (Å²) in [5, 5.41) is 13.5. The van der Waals surface area contributed by atoms with Gasteiger partial charge in [0.05, 0.1) is 16.6 Å². The molecule has 1 aromatic heterocycles. The zero-order valence-electron chi connectivity index (χ0n) is 10.2. The molecule has 0 amide bonds. The smallest absolute Gasteiger partial charge is 0.432 e. The standard InChI is InChI=1S/C12H10ClN5O2/c13-17-6-15-5-4-8(17)7-2-1-3-9-10(7)11(14)16-18(9)12(19)20/h1-5H,6H2,(H2,14,16)(H,19,20). The molecule has 0 saturated carbocycles. The number of carboxylic acid groups (broad SMARTS) is 1. The lowest BCUT2D eigenvalue weighted by atomic mass is 10.1. The van der Waals surface area contributed by atoms with E-state index in [4.69, 9.17) is 22.6 Å². The van der Waals surface area contributed by atoms with Crippen molar-refractivity contribution in [2.75, 3.05) is 12.4 Å². The minimum Gasteiger partial charge on any atom is -0.463 e. The van der Waals surface area contributed by atoms with Crippen LogP contribution in [0.4, 0.5) is 10.6 Å². The number of nitrogens with zero attached hydrogens (tertiary/aromatic N) is 4. The summed E-state index contributed by atoms with van der Waals surface area (Å²) in [6.45, 7) is 0.316. The van der Waals surface area contributed by atoms with Crippen LogP contribution in [0.25, 0.3) is 16.6 Å². The molecule has 102 valence electrons. The molecule has 0 radical (unpaired) electrons. The van der Waals surface area contributed by atoms with Crippen LogP contribution < -0.4 is 5.73 Å². The Morgan fingerprint density at radius 1 is 1.45 bits per heavy atom. The molecule has 8 heteroatoms. The number of allylic oxidation sites excluding steroid dienone is 1. The van der Waals surface area contributed by atoms with Crippen LogP contribution >= 0.6 is 11.8 Å². The Hall–Kier alpha value is -2.54. The van der Waals surface area contributed by atoms with Gasteiger partial charge in [-0.05, 0) is 12.1 Å². The van der Waals surface area contributed by atoms with Gasteiger partial charge in [-0.2, -0.15) is 4.68 Å². The van der Waals surface area contributed by atoms with Crippen molar-refractivity contribution in [3.05, 3.63) is 29.8 Å². The van der Waals surface area contributed by atoms with Crippen molar-refractivity contribution in [1.29, 1.82) is 0 Å². The fourth-order valence-electron chi connectivity index (χ4n) is 2.18. The lowest BCUT2D eigenvalue weighted by molar-refractivity contribution is 0.194. The first-order chi connectivity index (χ1) is 9.59. The van der Waals surface area contributed by atoms with Gasteiger partial charge in [-0.25, -0.2) is 4.79 Å². The van der Waals surface area contributed by atoms with Crippen molar-refractivity contribution >= 4 is 46.5 Å². The van der Waals surface area contributed by atoms with Crippen LogP contribution in [0, 0.1) is 0 Å². The summed E-state index contributed by atoms with van der Waals surface area (Å²) in [7, 11) is 0. The summed E-state index contributed by atoms with van der Waals surface area (Å²) in [4.78, 5) is 15.2. The van der Waals surface area contributed by atoms with Gasteiger partial charge in [-0.15, -0.1) is 5.10 Å². The largest absolute Gasteiger partial charge is 0.463 e. The first-order valence-corrected chi connectivity index (χ1v) is 6.07. The zero-order chi connectivity index (χ0) is 14.3. The van der Waals surface area contributed by atoms with Gasteiger partial charge in [0.2, 0.25) is 0 Å². The molecule has 3 rings (SSSR count). The molecule has 2 aromatic rings. The van der Waals surface area contributed by atoms with Crippen molar-refractivity contribution in [3.63, 3.8) is 0 Å². The van der Waals surface area contributed by atoms with E-state index < -0.39 is 6.09 Å². The number of anilines is 1. The highest BCUT2D eigenvalue weighted by atomic mass is 35.5. The van der Waals surface area contributed by atoms with Crippen LogP contribution in [0.3, 0.4) is 0 Å². The Bertz CT molecular complexity index is 765. The van der Waals surface area contributed by atoms with Crippen LogP contribution in [-0.4, -0.2) is 38.3 Å². The molecule has 1 aromatic carbocycles. The monoisotopic (exact) mass is 291 g/mol. The molecule has 0 atom stereocenters. The normalized spacial score (nSPS) is 14.7. The maximum Gasteiger partial charge on any atom is 0.432 e. The third-order valence-corrected chi connectivity index (χ3v) is 3.29. The fraction of sp³-hybridized carbons (Fsp3) is 0.0833. The van der Waals surface area contributed by atoms with E-state index in [9.17, 15) is 4.79 Å². The van der Waals surface area contributed by atoms with Gasteiger partial charge in [0, 0.05) is 23.6 Å². The molecule has 0 fully saturated rings. The van der Waals surface area contributed by atoms with E-state index in [2.05, 4.69) is 10.1 Å². The summed E-state index contributed by atoms with van der Waals surface area (Å²) in [6, 6.07) is 5.19. The number of nitrogen functional groups attached to an aromatic ring is 1. The van der Waals surface area contributed by atoms with Crippen LogP contribution in [0.15, 0.2) is 29.3 Å². The van der Waals surface area contributed by atoms with E-state index in [0.29, 0.717) is 28.8 Å². The number of carbonyl (C=O) groups is 1. The average molecular weight is 292 g/mol. The molecular formula is C12H10ClN5O2. The summed E-state index contributed by atoms with van der Waals surface area (Å²) >= 11 is 6.11. The molecule has 0 bridgehead atoms. The van der Waals surface area contributed by atoms with Gasteiger partial charge >= 0.3 is 6.09 Å². The number of benzene rings is 1. The van der Waals surface area contributed by atoms with Crippen LogP contribution in [0.5, 0.6) is 0 Å². The topological polar surface area (TPSA) is 96.7 Å². The molecule has 20 heavy (non-hydrogen) atoms. The molecule has 0 aliphatic carbocycles. The maximum absolute atomic E-state index is 11.2. The summed E-state index contributed by atoms with van der Waals surface area (Å²) < 4.78 is 2.29.